The molecule has 2 heterocycles. The molecule has 0 aromatic carbocycles. The predicted octanol–water partition coefficient (Wildman–Crippen LogP) is 0.568. The summed E-state index contributed by atoms with van der Waals surface area (Å²) in [7, 11) is 0. The summed E-state index contributed by atoms with van der Waals surface area (Å²) in [4.78, 5) is 28.2. The first kappa shape index (κ1) is 8.12. The minimum atomic E-state index is -0.251. The molecule has 0 radical (unpaired) electrons. The van der Waals surface area contributed by atoms with Gasteiger partial charge in [0.1, 0.15) is 0 Å². The molecule has 0 spiro atoms. The molecule has 0 saturated carbocycles. The first-order valence-corrected chi connectivity index (χ1v) is 4.56. The average Bonchev–Trinajstić information content (AvgIpc) is 2.70. The monoisotopic (exact) mass is 194 g/mol. The lowest BCUT2D eigenvalue weighted by molar-refractivity contribution is -0.137. The van der Waals surface area contributed by atoms with Crippen LogP contribution in [0.15, 0.2) is 23.9 Å². The number of carbonyl (C=O) groups excluding carboxylic acids is 2. The number of hydrogen-bond acceptors (Lipinski definition) is 4. The summed E-state index contributed by atoms with van der Waals surface area (Å²) in [6.45, 7) is 0.329. The number of thiazole rings is 1. The Morgan fingerprint density at radius 3 is 2.54 bits per heavy atom. The summed E-state index contributed by atoms with van der Waals surface area (Å²) in [5.41, 5.74) is 1.67. The Kier molecular flexibility index (Phi) is 1.94. The van der Waals surface area contributed by atoms with Crippen molar-refractivity contribution in [2.75, 3.05) is 0 Å². The largest absolute Gasteiger partial charge is 0.270 e. The summed E-state index contributed by atoms with van der Waals surface area (Å²) in [6, 6.07) is 0. The smallest absolute Gasteiger partial charge is 0.253 e. The highest BCUT2D eigenvalue weighted by atomic mass is 32.1. The summed E-state index contributed by atoms with van der Waals surface area (Å²) in [5, 5.41) is 0. The van der Waals surface area contributed by atoms with Gasteiger partial charge >= 0.3 is 0 Å². The minimum Gasteiger partial charge on any atom is -0.270 e. The average molecular weight is 194 g/mol. The summed E-state index contributed by atoms with van der Waals surface area (Å²) >= 11 is 1.43. The third-order valence-corrected chi connectivity index (χ3v) is 2.46. The number of amides is 2. The van der Waals surface area contributed by atoms with Crippen LogP contribution in [0.5, 0.6) is 0 Å². The summed E-state index contributed by atoms with van der Waals surface area (Å²) in [6.07, 6.45) is 4.22. The van der Waals surface area contributed by atoms with Crippen molar-refractivity contribution < 1.29 is 9.59 Å². The molecule has 0 atom stereocenters. The summed E-state index contributed by atoms with van der Waals surface area (Å²) in [5.74, 6) is -0.503. The maximum absolute atomic E-state index is 11.1. The van der Waals surface area contributed by atoms with E-state index >= 15 is 0 Å². The van der Waals surface area contributed by atoms with Gasteiger partial charge in [-0.05, 0) is 0 Å². The third kappa shape index (κ3) is 1.50. The second kappa shape index (κ2) is 3.10. The van der Waals surface area contributed by atoms with E-state index in [9.17, 15) is 9.59 Å². The van der Waals surface area contributed by atoms with Crippen LogP contribution in [0.1, 0.15) is 4.88 Å². The fourth-order valence-corrected chi connectivity index (χ4v) is 1.65. The first-order valence-electron chi connectivity index (χ1n) is 3.68. The van der Waals surface area contributed by atoms with Gasteiger partial charge in [-0.15, -0.1) is 11.3 Å². The fourth-order valence-electron chi connectivity index (χ4n) is 1.06. The zero-order valence-electron chi connectivity index (χ0n) is 6.64. The molecule has 1 aliphatic rings. The Bertz CT molecular complexity index is 352. The molecule has 0 aliphatic carbocycles. The number of nitrogens with zero attached hydrogens (tertiary/aromatic N) is 2. The molecule has 66 valence electrons. The molecular weight excluding hydrogens is 188 g/mol. The number of aromatic nitrogens is 1. The molecule has 0 N–H and O–H groups in total. The minimum absolute atomic E-state index is 0.251. The van der Waals surface area contributed by atoms with Gasteiger partial charge in [0.2, 0.25) is 0 Å². The molecule has 5 heteroatoms. The molecule has 2 amide bonds. The number of imide groups is 1. The molecular formula is C8H6N2O2S. The molecule has 2 rings (SSSR count). The Morgan fingerprint density at radius 2 is 2.00 bits per heavy atom. The van der Waals surface area contributed by atoms with Crippen molar-refractivity contribution in [3.63, 3.8) is 0 Å². The second-order valence-electron chi connectivity index (χ2n) is 2.56. The van der Waals surface area contributed by atoms with E-state index in [1.165, 1.54) is 28.4 Å². The predicted molar refractivity (Wildman–Crippen MR) is 46.8 cm³/mol. The van der Waals surface area contributed by atoms with Gasteiger partial charge in [-0.1, -0.05) is 0 Å². The lowest BCUT2D eigenvalue weighted by Crippen LogP contribution is -2.28. The quantitative estimate of drug-likeness (QED) is 0.647. The molecule has 0 unspecified atom stereocenters. The van der Waals surface area contributed by atoms with E-state index in [0.717, 1.165) is 4.88 Å². The zero-order valence-corrected chi connectivity index (χ0v) is 7.45. The summed E-state index contributed by atoms with van der Waals surface area (Å²) < 4.78 is 0. The number of rotatable bonds is 2. The van der Waals surface area contributed by atoms with E-state index in [1.807, 2.05) is 0 Å². The highest BCUT2D eigenvalue weighted by Gasteiger charge is 2.23. The lowest BCUT2D eigenvalue weighted by atomic mass is 10.4. The van der Waals surface area contributed by atoms with Gasteiger partial charge in [0.15, 0.2) is 0 Å². The van der Waals surface area contributed by atoms with Crippen molar-refractivity contribution in [2.45, 2.75) is 6.54 Å². The van der Waals surface area contributed by atoms with Gasteiger partial charge in [0, 0.05) is 23.2 Å². The lowest BCUT2D eigenvalue weighted by Gasteiger charge is -2.10. The van der Waals surface area contributed by atoms with Crippen molar-refractivity contribution in [2.24, 2.45) is 0 Å². The normalized spacial score (nSPS) is 15.8. The van der Waals surface area contributed by atoms with Crippen LogP contribution < -0.4 is 0 Å². The molecule has 0 bridgehead atoms. The van der Waals surface area contributed by atoms with Gasteiger partial charge < -0.3 is 0 Å². The maximum atomic E-state index is 11.1. The molecule has 0 fully saturated rings. The molecule has 4 nitrogen and oxygen atoms in total. The van der Waals surface area contributed by atoms with Crippen molar-refractivity contribution in [3.8, 4) is 0 Å². The van der Waals surface area contributed by atoms with E-state index < -0.39 is 0 Å². The molecule has 1 aliphatic heterocycles. The van der Waals surface area contributed by atoms with Crippen LogP contribution in [-0.2, 0) is 16.1 Å². The first-order chi connectivity index (χ1) is 6.27. The third-order valence-electron chi connectivity index (χ3n) is 1.70. The highest BCUT2D eigenvalue weighted by molar-refractivity contribution is 7.09. The van der Waals surface area contributed by atoms with E-state index in [0.29, 0.717) is 6.54 Å². The second-order valence-corrected chi connectivity index (χ2v) is 3.53. The van der Waals surface area contributed by atoms with Crippen LogP contribution in [0.25, 0.3) is 0 Å². The van der Waals surface area contributed by atoms with Crippen LogP contribution in [0, 0.1) is 0 Å². The Hall–Kier alpha value is -1.49. The number of carbonyl (C=O) groups is 2. The van der Waals surface area contributed by atoms with Crippen LogP contribution in [0.3, 0.4) is 0 Å². The molecule has 0 saturated heterocycles. The fraction of sp³-hybridized carbons (Fsp3) is 0.125. The molecule has 1 aromatic heterocycles. The Morgan fingerprint density at radius 1 is 1.31 bits per heavy atom. The van der Waals surface area contributed by atoms with Gasteiger partial charge in [-0.3, -0.25) is 19.5 Å². The van der Waals surface area contributed by atoms with Crippen LogP contribution in [-0.4, -0.2) is 21.7 Å². The van der Waals surface area contributed by atoms with Crippen molar-refractivity contribution >= 4 is 23.2 Å². The van der Waals surface area contributed by atoms with Gasteiger partial charge in [0.25, 0.3) is 11.8 Å². The van der Waals surface area contributed by atoms with E-state index in [1.54, 1.807) is 11.7 Å². The molecule has 1 aromatic rings. The highest BCUT2D eigenvalue weighted by Crippen LogP contribution is 2.13. The van der Waals surface area contributed by atoms with Gasteiger partial charge in [-0.2, -0.15) is 0 Å². The Balaban J connectivity index is 2.11. The van der Waals surface area contributed by atoms with E-state index in [4.69, 9.17) is 0 Å². The van der Waals surface area contributed by atoms with Crippen LogP contribution in [0.4, 0.5) is 0 Å². The zero-order chi connectivity index (χ0) is 9.26. The van der Waals surface area contributed by atoms with E-state index in [2.05, 4.69) is 4.98 Å². The van der Waals surface area contributed by atoms with E-state index in [-0.39, 0.29) is 11.8 Å². The topological polar surface area (TPSA) is 50.3 Å². The SMILES string of the molecule is O=C1C=CC(=O)N1Cc1cncs1. The van der Waals surface area contributed by atoms with Crippen LogP contribution in [0.2, 0.25) is 0 Å². The molecule has 13 heavy (non-hydrogen) atoms. The van der Waals surface area contributed by atoms with Crippen molar-refractivity contribution in [1.29, 1.82) is 0 Å². The van der Waals surface area contributed by atoms with Crippen molar-refractivity contribution in [1.82, 2.24) is 9.88 Å². The van der Waals surface area contributed by atoms with Crippen molar-refractivity contribution in [3.05, 3.63) is 28.7 Å². The van der Waals surface area contributed by atoms with Gasteiger partial charge in [-0.25, -0.2) is 0 Å². The Labute approximate surface area is 78.5 Å². The van der Waals surface area contributed by atoms with Gasteiger partial charge in [0.05, 0.1) is 12.1 Å². The van der Waals surface area contributed by atoms with Crippen LogP contribution >= 0.6 is 11.3 Å². The number of hydrogen-bond donors (Lipinski definition) is 0. The standard InChI is InChI=1S/C8H6N2O2S/c11-7-1-2-8(12)10(7)4-6-3-9-5-13-6/h1-3,5H,4H2. The maximum Gasteiger partial charge on any atom is 0.253 e.